The fourth-order valence-corrected chi connectivity index (χ4v) is 1.70. The Balaban J connectivity index is 2.80. The Morgan fingerprint density at radius 1 is 1.24 bits per heavy atom. The standard InChI is InChI=1S/C14H17NO2/c1-10(2)8-12-4-6-13(7-5-12)11(3)14(17)15-9-16/h4-7,10-11H,8H2,1-3H3/t11-/m0/s1. The molecule has 0 bridgehead atoms. The van der Waals surface area contributed by atoms with E-state index in [1.165, 1.54) is 11.6 Å². The van der Waals surface area contributed by atoms with Gasteiger partial charge >= 0.3 is 0 Å². The molecule has 0 aromatic heterocycles. The van der Waals surface area contributed by atoms with Gasteiger partial charge in [-0.15, -0.1) is 4.99 Å². The van der Waals surface area contributed by atoms with Gasteiger partial charge in [-0.25, -0.2) is 4.79 Å². The van der Waals surface area contributed by atoms with Crippen molar-refractivity contribution < 1.29 is 9.59 Å². The van der Waals surface area contributed by atoms with E-state index in [9.17, 15) is 9.59 Å². The van der Waals surface area contributed by atoms with Crippen molar-refractivity contribution in [2.75, 3.05) is 0 Å². The third kappa shape index (κ3) is 3.97. The van der Waals surface area contributed by atoms with Crippen molar-refractivity contribution in [1.29, 1.82) is 0 Å². The third-order valence-corrected chi connectivity index (χ3v) is 2.65. The lowest BCUT2D eigenvalue weighted by Crippen LogP contribution is -2.06. The van der Waals surface area contributed by atoms with E-state index < -0.39 is 5.91 Å². The molecule has 0 saturated heterocycles. The van der Waals surface area contributed by atoms with Gasteiger partial charge < -0.3 is 0 Å². The number of carbonyl (C=O) groups excluding carboxylic acids is 2. The van der Waals surface area contributed by atoms with Crippen LogP contribution in [0.15, 0.2) is 29.3 Å². The van der Waals surface area contributed by atoms with Gasteiger partial charge in [0.25, 0.3) is 5.91 Å². The minimum Gasteiger partial charge on any atom is -0.271 e. The molecule has 0 spiro atoms. The topological polar surface area (TPSA) is 46.5 Å². The summed E-state index contributed by atoms with van der Waals surface area (Å²) in [6.45, 7) is 6.07. The summed E-state index contributed by atoms with van der Waals surface area (Å²) in [6.07, 6.45) is 2.30. The van der Waals surface area contributed by atoms with E-state index in [1.54, 1.807) is 6.92 Å². The fraction of sp³-hybridized carbons (Fsp3) is 0.429. The summed E-state index contributed by atoms with van der Waals surface area (Å²) in [7, 11) is 0. The molecular formula is C14H17NO2. The van der Waals surface area contributed by atoms with Crippen molar-refractivity contribution in [2.45, 2.75) is 33.1 Å². The highest BCUT2D eigenvalue weighted by Crippen LogP contribution is 2.18. The highest BCUT2D eigenvalue weighted by atomic mass is 16.2. The molecule has 1 rings (SSSR count). The molecule has 90 valence electrons. The quantitative estimate of drug-likeness (QED) is 0.591. The molecule has 1 atom stereocenters. The Labute approximate surface area is 102 Å². The van der Waals surface area contributed by atoms with Crippen LogP contribution in [0.4, 0.5) is 0 Å². The van der Waals surface area contributed by atoms with Crippen LogP contribution in [0.3, 0.4) is 0 Å². The van der Waals surface area contributed by atoms with Gasteiger partial charge in [0, 0.05) is 0 Å². The molecule has 0 saturated carbocycles. The average molecular weight is 231 g/mol. The molecule has 0 heterocycles. The second-order valence-electron chi connectivity index (χ2n) is 4.60. The van der Waals surface area contributed by atoms with Crippen LogP contribution in [0.2, 0.25) is 0 Å². The summed E-state index contributed by atoms with van der Waals surface area (Å²) in [5, 5.41) is 0. The number of benzene rings is 1. The van der Waals surface area contributed by atoms with Gasteiger partial charge in [0.1, 0.15) is 0 Å². The summed E-state index contributed by atoms with van der Waals surface area (Å²) in [4.78, 5) is 24.5. The number of aliphatic imine (C=N–C) groups is 1. The first-order chi connectivity index (χ1) is 8.04. The normalized spacial score (nSPS) is 12.0. The maximum atomic E-state index is 11.4. The van der Waals surface area contributed by atoms with E-state index in [-0.39, 0.29) is 5.92 Å². The molecule has 0 fully saturated rings. The lowest BCUT2D eigenvalue weighted by Gasteiger charge is -2.09. The van der Waals surface area contributed by atoms with E-state index >= 15 is 0 Å². The van der Waals surface area contributed by atoms with Gasteiger partial charge in [-0.3, -0.25) is 4.79 Å². The van der Waals surface area contributed by atoms with Gasteiger partial charge in [-0.05, 0) is 30.4 Å². The molecule has 0 aliphatic heterocycles. The zero-order valence-electron chi connectivity index (χ0n) is 10.4. The molecule has 3 nitrogen and oxygen atoms in total. The monoisotopic (exact) mass is 231 g/mol. The summed E-state index contributed by atoms with van der Waals surface area (Å²) in [5.41, 5.74) is 2.13. The molecule has 1 aromatic rings. The number of rotatable bonds is 4. The van der Waals surface area contributed by atoms with Crippen molar-refractivity contribution in [3.05, 3.63) is 35.4 Å². The summed E-state index contributed by atoms with van der Waals surface area (Å²) < 4.78 is 0. The van der Waals surface area contributed by atoms with Crippen LogP contribution in [0.25, 0.3) is 0 Å². The van der Waals surface area contributed by atoms with Crippen molar-refractivity contribution in [3.63, 3.8) is 0 Å². The molecule has 17 heavy (non-hydrogen) atoms. The van der Waals surface area contributed by atoms with E-state index in [0.29, 0.717) is 5.92 Å². The van der Waals surface area contributed by atoms with E-state index in [2.05, 4.69) is 18.8 Å². The van der Waals surface area contributed by atoms with Gasteiger partial charge in [-0.2, -0.15) is 0 Å². The maximum Gasteiger partial charge on any atom is 0.263 e. The van der Waals surface area contributed by atoms with Crippen molar-refractivity contribution in [2.24, 2.45) is 10.9 Å². The predicted octanol–water partition coefficient (Wildman–Crippen LogP) is 2.85. The van der Waals surface area contributed by atoms with Crippen molar-refractivity contribution >= 4 is 12.0 Å². The second kappa shape index (κ2) is 6.12. The lowest BCUT2D eigenvalue weighted by atomic mass is 9.96. The van der Waals surface area contributed by atoms with Gasteiger partial charge in [0.2, 0.25) is 6.08 Å². The average Bonchev–Trinajstić information content (AvgIpc) is 2.28. The molecule has 1 aromatic carbocycles. The first-order valence-electron chi connectivity index (χ1n) is 5.75. The molecular weight excluding hydrogens is 214 g/mol. The molecule has 0 unspecified atom stereocenters. The second-order valence-corrected chi connectivity index (χ2v) is 4.60. The number of hydrogen-bond acceptors (Lipinski definition) is 2. The zero-order valence-corrected chi connectivity index (χ0v) is 10.4. The summed E-state index contributed by atoms with van der Waals surface area (Å²) >= 11 is 0. The van der Waals surface area contributed by atoms with Crippen LogP contribution in [0.5, 0.6) is 0 Å². The number of hydrogen-bond donors (Lipinski definition) is 0. The van der Waals surface area contributed by atoms with Crippen molar-refractivity contribution in [3.8, 4) is 0 Å². The zero-order chi connectivity index (χ0) is 12.8. The molecule has 0 aliphatic rings. The Bertz CT molecular complexity index is 428. The largest absolute Gasteiger partial charge is 0.271 e. The molecule has 3 heteroatoms. The maximum absolute atomic E-state index is 11.4. The first-order valence-corrected chi connectivity index (χ1v) is 5.75. The first kappa shape index (κ1) is 13.3. The van der Waals surface area contributed by atoms with Gasteiger partial charge in [0.05, 0.1) is 5.92 Å². The number of carbonyl (C=O) groups is 1. The number of amides is 1. The van der Waals surface area contributed by atoms with Crippen LogP contribution in [-0.2, 0) is 16.0 Å². The van der Waals surface area contributed by atoms with Crippen LogP contribution in [0, 0.1) is 5.92 Å². The van der Waals surface area contributed by atoms with Crippen molar-refractivity contribution in [1.82, 2.24) is 0 Å². The summed E-state index contributed by atoms with van der Waals surface area (Å²) in [5.74, 6) is -0.222. The highest BCUT2D eigenvalue weighted by molar-refractivity contribution is 5.87. The number of isocyanates is 1. The Kier molecular flexibility index (Phi) is 4.80. The lowest BCUT2D eigenvalue weighted by molar-refractivity contribution is -0.118. The smallest absolute Gasteiger partial charge is 0.263 e. The highest BCUT2D eigenvalue weighted by Gasteiger charge is 2.14. The minimum absolute atomic E-state index is 0.385. The number of nitrogens with zero attached hydrogens (tertiary/aromatic N) is 1. The van der Waals surface area contributed by atoms with E-state index in [1.807, 2.05) is 24.3 Å². The Morgan fingerprint density at radius 3 is 2.29 bits per heavy atom. The Morgan fingerprint density at radius 2 is 1.82 bits per heavy atom. The molecule has 0 aliphatic carbocycles. The third-order valence-electron chi connectivity index (χ3n) is 2.65. The predicted molar refractivity (Wildman–Crippen MR) is 66.5 cm³/mol. The molecule has 1 amide bonds. The van der Waals surface area contributed by atoms with Crippen LogP contribution in [0.1, 0.15) is 37.8 Å². The SMILES string of the molecule is CC(C)Cc1ccc([C@H](C)C(=O)N=C=O)cc1. The molecule has 0 N–H and O–H groups in total. The van der Waals surface area contributed by atoms with Crippen LogP contribution in [-0.4, -0.2) is 12.0 Å². The minimum atomic E-state index is -0.448. The van der Waals surface area contributed by atoms with Gasteiger partial charge in [0.15, 0.2) is 0 Å². The van der Waals surface area contributed by atoms with E-state index in [0.717, 1.165) is 12.0 Å². The fourth-order valence-electron chi connectivity index (χ4n) is 1.70. The van der Waals surface area contributed by atoms with E-state index in [4.69, 9.17) is 0 Å². The Hall–Kier alpha value is -1.73. The molecule has 0 radical (unpaired) electrons. The van der Waals surface area contributed by atoms with Crippen LogP contribution < -0.4 is 0 Å². The summed E-state index contributed by atoms with van der Waals surface area (Å²) in [6, 6.07) is 7.87. The van der Waals surface area contributed by atoms with Gasteiger partial charge in [-0.1, -0.05) is 38.1 Å². The van der Waals surface area contributed by atoms with Crippen LogP contribution >= 0.6 is 0 Å².